The van der Waals surface area contributed by atoms with Crippen molar-refractivity contribution < 1.29 is 15.3 Å². The minimum atomic E-state index is -1.75. The van der Waals surface area contributed by atoms with E-state index in [1.54, 1.807) is 0 Å². The molecule has 3 atom stereocenters. The van der Waals surface area contributed by atoms with E-state index in [2.05, 4.69) is 20.3 Å². The third-order valence-corrected chi connectivity index (χ3v) is 5.43. The van der Waals surface area contributed by atoms with Crippen molar-refractivity contribution >= 4 is 22.9 Å². The molecular weight excluding hydrogens is 294 g/mol. The van der Waals surface area contributed by atoms with E-state index in [-0.39, 0.29) is 12.8 Å². The first-order valence-electron chi connectivity index (χ1n) is 6.81. The molecule has 3 N–H and O–H groups in total. The Hall–Kier alpha value is -1.29. The predicted molar refractivity (Wildman–Crippen MR) is 76.3 cm³/mol. The topological polar surface area (TPSA) is 117 Å². The van der Waals surface area contributed by atoms with Gasteiger partial charge in [-0.25, -0.2) is 9.97 Å². The number of aromatic nitrogens is 5. The van der Waals surface area contributed by atoms with E-state index in [1.165, 1.54) is 17.2 Å². The fraction of sp³-hybridized carbons (Fsp3) is 0.667. The monoisotopic (exact) mass is 311 g/mol. The van der Waals surface area contributed by atoms with Crippen LogP contribution in [0.15, 0.2) is 12.5 Å². The van der Waals surface area contributed by atoms with Crippen LogP contribution in [0.25, 0.3) is 11.2 Å². The Labute approximate surface area is 125 Å². The maximum atomic E-state index is 11.0. The standard InChI is InChI=1S/C12H17N5O3S/c1-2-5-21-12(20)9(18)3-4-11(12,19)17-10-8(15-16-17)6-13-7-14-10/h6-7,9,18-20H,2-5H2,1H3. The summed E-state index contributed by atoms with van der Waals surface area (Å²) in [6.07, 6.45) is 3.03. The minimum Gasteiger partial charge on any atom is -0.389 e. The number of hydrogen-bond acceptors (Lipinski definition) is 8. The van der Waals surface area contributed by atoms with Gasteiger partial charge in [0, 0.05) is 6.42 Å². The quantitative estimate of drug-likeness (QED) is 0.668. The van der Waals surface area contributed by atoms with Crippen LogP contribution in [0.2, 0.25) is 0 Å². The van der Waals surface area contributed by atoms with Crippen molar-refractivity contribution in [3.63, 3.8) is 0 Å². The van der Waals surface area contributed by atoms with Crippen molar-refractivity contribution in [3.05, 3.63) is 12.5 Å². The first-order chi connectivity index (χ1) is 10.0. The second-order valence-electron chi connectivity index (χ2n) is 5.15. The second kappa shape index (κ2) is 5.16. The molecular formula is C12H17N5O3S. The number of rotatable bonds is 4. The molecule has 0 aromatic carbocycles. The zero-order valence-corrected chi connectivity index (χ0v) is 12.4. The lowest BCUT2D eigenvalue weighted by molar-refractivity contribution is -0.163. The number of nitrogens with zero attached hydrogens (tertiary/aromatic N) is 5. The number of thioether (sulfide) groups is 1. The largest absolute Gasteiger partial charge is 0.389 e. The van der Waals surface area contributed by atoms with E-state index in [4.69, 9.17) is 0 Å². The van der Waals surface area contributed by atoms with Crippen molar-refractivity contribution in [3.8, 4) is 0 Å². The Morgan fingerprint density at radius 2 is 2.29 bits per heavy atom. The molecule has 1 aliphatic rings. The molecule has 0 radical (unpaired) electrons. The van der Waals surface area contributed by atoms with Crippen LogP contribution in [0.3, 0.4) is 0 Å². The zero-order chi connectivity index (χ0) is 15.1. The maximum absolute atomic E-state index is 11.0. The fourth-order valence-corrected chi connectivity index (χ4v) is 3.89. The summed E-state index contributed by atoms with van der Waals surface area (Å²) in [6, 6.07) is 0. The molecule has 2 aromatic heterocycles. The van der Waals surface area contributed by atoms with E-state index < -0.39 is 16.8 Å². The van der Waals surface area contributed by atoms with Crippen LogP contribution in [0, 0.1) is 0 Å². The average molecular weight is 311 g/mol. The summed E-state index contributed by atoms with van der Waals surface area (Å²) in [6.45, 7) is 1.97. The molecule has 0 saturated heterocycles. The van der Waals surface area contributed by atoms with Crippen LogP contribution in [0.4, 0.5) is 0 Å². The molecule has 21 heavy (non-hydrogen) atoms. The zero-order valence-electron chi connectivity index (χ0n) is 11.5. The molecule has 3 unspecified atom stereocenters. The predicted octanol–water partition coefficient (Wildman–Crippen LogP) is -0.147. The molecule has 3 rings (SSSR count). The SMILES string of the molecule is CCCSC1(O)C(O)CCC1(O)n1nnc2cncnc21. The molecule has 8 nitrogen and oxygen atoms in total. The van der Waals surface area contributed by atoms with Gasteiger partial charge in [-0.1, -0.05) is 12.1 Å². The maximum Gasteiger partial charge on any atom is 0.203 e. The third kappa shape index (κ3) is 2.03. The lowest BCUT2D eigenvalue weighted by Crippen LogP contribution is -2.55. The van der Waals surface area contributed by atoms with Gasteiger partial charge in [0.1, 0.15) is 6.33 Å². The van der Waals surface area contributed by atoms with E-state index in [1.807, 2.05) is 6.92 Å². The summed E-state index contributed by atoms with van der Waals surface area (Å²) in [7, 11) is 0. The van der Waals surface area contributed by atoms with Crippen LogP contribution >= 0.6 is 11.8 Å². The Kier molecular flexibility index (Phi) is 3.60. The van der Waals surface area contributed by atoms with E-state index >= 15 is 0 Å². The summed E-state index contributed by atoms with van der Waals surface area (Å²) in [4.78, 5) is 6.18. The Bertz CT molecular complexity index is 653. The highest BCUT2D eigenvalue weighted by Crippen LogP contribution is 2.50. The number of hydrogen-bond donors (Lipinski definition) is 3. The molecule has 0 aliphatic heterocycles. The van der Waals surface area contributed by atoms with E-state index in [0.29, 0.717) is 16.9 Å². The van der Waals surface area contributed by atoms with Gasteiger partial charge in [0.05, 0.1) is 12.3 Å². The van der Waals surface area contributed by atoms with Gasteiger partial charge in [0.2, 0.25) is 5.72 Å². The van der Waals surface area contributed by atoms with Crippen molar-refractivity contribution in [2.24, 2.45) is 0 Å². The molecule has 1 fully saturated rings. The molecule has 2 aromatic rings. The molecule has 114 valence electrons. The number of aliphatic hydroxyl groups excluding tert-OH is 1. The van der Waals surface area contributed by atoms with Gasteiger partial charge >= 0.3 is 0 Å². The molecule has 9 heteroatoms. The normalized spacial score (nSPS) is 32.9. The minimum absolute atomic E-state index is 0.170. The van der Waals surface area contributed by atoms with Gasteiger partial charge in [0.15, 0.2) is 16.1 Å². The van der Waals surface area contributed by atoms with Gasteiger partial charge < -0.3 is 15.3 Å². The van der Waals surface area contributed by atoms with E-state index in [0.717, 1.165) is 18.2 Å². The van der Waals surface area contributed by atoms with Gasteiger partial charge in [0.25, 0.3) is 0 Å². The molecule has 2 heterocycles. The second-order valence-corrected chi connectivity index (χ2v) is 6.47. The lowest BCUT2D eigenvalue weighted by Gasteiger charge is -2.38. The van der Waals surface area contributed by atoms with Crippen LogP contribution < -0.4 is 0 Å². The highest BCUT2D eigenvalue weighted by Gasteiger charge is 2.62. The van der Waals surface area contributed by atoms with Gasteiger partial charge in [-0.3, -0.25) is 0 Å². The third-order valence-electron chi connectivity index (χ3n) is 3.78. The summed E-state index contributed by atoms with van der Waals surface area (Å²) in [5, 5.41) is 39.9. The molecule has 1 saturated carbocycles. The Morgan fingerprint density at radius 1 is 1.48 bits per heavy atom. The molecule has 0 spiro atoms. The summed E-state index contributed by atoms with van der Waals surface area (Å²) < 4.78 is 1.20. The lowest BCUT2D eigenvalue weighted by atomic mass is 10.1. The van der Waals surface area contributed by atoms with Gasteiger partial charge in [-0.2, -0.15) is 4.68 Å². The molecule has 1 aliphatic carbocycles. The van der Waals surface area contributed by atoms with Crippen molar-refractivity contribution in [1.29, 1.82) is 0 Å². The van der Waals surface area contributed by atoms with Gasteiger partial charge in [-0.05, 0) is 18.6 Å². The van der Waals surface area contributed by atoms with Crippen LogP contribution in [-0.4, -0.2) is 57.1 Å². The van der Waals surface area contributed by atoms with Crippen LogP contribution in [0.1, 0.15) is 26.2 Å². The van der Waals surface area contributed by atoms with E-state index in [9.17, 15) is 15.3 Å². The number of fused-ring (bicyclic) bond motifs is 1. The highest BCUT2D eigenvalue weighted by atomic mass is 32.2. The van der Waals surface area contributed by atoms with Gasteiger partial charge in [-0.15, -0.1) is 16.9 Å². The van der Waals surface area contributed by atoms with Crippen LogP contribution in [0.5, 0.6) is 0 Å². The summed E-state index contributed by atoms with van der Waals surface area (Å²) in [5.74, 6) is 0.609. The molecule has 0 amide bonds. The highest BCUT2D eigenvalue weighted by molar-refractivity contribution is 8.00. The van der Waals surface area contributed by atoms with Crippen molar-refractivity contribution in [2.45, 2.75) is 42.9 Å². The average Bonchev–Trinajstić information content (AvgIpc) is 3.02. The first kappa shape index (κ1) is 14.6. The summed E-state index contributed by atoms with van der Waals surface area (Å²) >= 11 is 1.13. The smallest absolute Gasteiger partial charge is 0.203 e. The first-order valence-corrected chi connectivity index (χ1v) is 7.80. The Morgan fingerprint density at radius 3 is 3.05 bits per heavy atom. The number of aliphatic hydroxyl groups is 3. The Balaban J connectivity index is 2.09. The fourth-order valence-electron chi connectivity index (χ4n) is 2.64. The van der Waals surface area contributed by atoms with Crippen LogP contribution in [-0.2, 0) is 5.72 Å². The summed E-state index contributed by atoms with van der Waals surface area (Å²) in [5.41, 5.74) is -0.998. The van der Waals surface area contributed by atoms with Crippen molar-refractivity contribution in [2.75, 3.05) is 5.75 Å². The molecule has 0 bridgehead atoms. The van der Waals surface area contributed by atoms with Crippen molar-refractivity contribution in [1.82, 2.24) is 25.0 Å².